The molecule has 0 aliphatic carbocycles. The van der Waals surface area contributed by atoms with Crippen LogP contribution >= 0.6 is 0 Å². The predicted octanol–water partition coefficient (Wildman–Crippen LogP) is 8.83. The number of hydrogen-bond acceptors (Lipinski definition) is 3. The van der Waals surface area contributed by atoms with E-state index in [0.29, 0.717) is 12.3 Å². The maximum Gasteiger partial charge on any atom is 0.257 e. The number of aromatic nitrogens is 2. The third-order valence-electron chi connectivity index (χ3n) is 7.14. The smallest absolute Gasteiger partial charge is 0.257 e. The highest BCUT2D eigenvalue weighted by Gasteiger charge is 2.15. The molecule has 0 atom stereocenters. The average Bonchev–Trinajstić information content (AvgIpc) is 3.46. The van der Waals surface area contributed by atoms with Gasteiger partial charge in [-0.05, 0) is 18.6 Å². The third kappa shape index (κ3) is 9.11. The molecule has 0 radical (unpaired) electrons. The zero-order valence-electron chi connectivity index (χ0n) is 23.8. The first-order chi connectivity index (χ1) is 19.7. The largest absolute Gasteiger partial charge is 0.484 e. The van der Waals surface area contributed by atoms with Crippen LogP contribution in [0.4, 0.5) is 0 Å². The second kappa shape index (κ2) is 16.3. The topological polar surface area (TPSA) is 67.0 Å². The van der Waals surface area contributed by atoms with Gasteiger partial charge >= 0.3 is 0 Å². The number of rotatable bonds is 17. The zero-order valence-corrected chi connectivity index (χ0v) is 23.8. The minimum absolute atomic E-state index is 0.00387. The van der Waals surface area contributed by atoms with Gasteiger partial charge in [0.25, 0.3) is 5.91 Å². The average molecular weight is 538 g/mol. The Hall–Kier alpha value is -3.86. The SMILES string of the molecule is CCCCCCCCCCCCNC(=O)COc1cccc(-c2nc(-c3ccccc3)c(-c3ccccc3)[nH]2)c1. The van der Waals surface area contributed by atoms with E-state index < -0.39 is 0 Å². The number of nitrogens with one attached hydrogen (secondary N) is 2. The molecule has 0 aliphatic rings. The highest BCUT2D eigenvalue weighted by Crippen LogP contribution is 2.33. The molecule has 210 valence electrons. The van der Waals surface area contributed by atoms with Gasteiger partial charge in [0.05, 0.1) is 11.4 Å². The number of imidazole rings is 1. The van der Waals surface area contributed by atoms with E-state index in [9.17, 15) is 4.79 Å². The Kier molecular flexibility index (Phi) is 11.9. The van der Waals surface area contributed by atoms with Crippen molar-refractivity contribution in [1.29, 1.82) is 0 Å². The van der Waals surface area contributed by atoms with E-state index in [1.807, 2.05) is 60.7 Å². The summed E-state index contributed by atoms with van der Waals surface area (Å²) in [5.41, 5.74) is 4.91. The third-order valence-corrected chi connectivity index (χ3v) is 7.14. The zero-order chi connectivity index (χ0) is 27.8. The number of unbranched alkanes of at least 4 members (excludes halogenated alkanes) is 9. The second-order valence-electron chi connectivity index (χ2n) is 10.4. The molecule has 0 unspecified atom stereocenters. The van der Waals surface area contributed by atoms with E-state index in [1.54, 1.807) is 0 Å². The van der Waals surface area contributed by atoms with E-state index in [-0.39, 0.29) is 12.5 Å². The Balaban J connectivity index is 1.26. The first kappa shape index (κ1) is 29.1. The molecular weight excluding hydrogens is 494 g/mol. The molecule has 40 heavy (non-hydrogen) atoms. The van der Waals surface area contributed by atoms with Crippen molar-refractivity contribution in [2.75, 3.05) is 13.2 Å². The van der Waals surface area contributed by atoms with Crippen LogP contribution in [0.15, 0.2) is 84.9 Å². The number of nitrogens with zero attached hydrogens (tertiary/aromatic N) is 1. The lowest BCUT2D eigenvalue weighted by Gasteiger charge is -2.08. The molecule has 5 heteroatoms. The summed E-state index contributed by atoms with van der Waals surface area (Å²) in [6.45, 7) is 2.97. The molecule has 1 amide bonds. The van der Waals surface area contributed by atoms with Crippen molar-refractivity contribution in [3.05, 3.63) is 84.9 Å². The summed E-state index contributed by atoms with van der Waals surface area (Å²) >= 11 is 0. The van der Waals surface area contributed by atoms with Gasteiger partial charge in [0.15, 0.2) is 6.61 Å². The highest BCUT2D eigenvalue weighted by atomic mass is 16.5. The van der Waals surface area contributed by atoms with Gasteiger partial charge in [-0.15, -0.1) is 0 Å². The number of carbonyl (C=O) groups is 1. The molecular formula is C35H43N3O2. The Morgan fingerprint density at radius 1 is 0.725 bits per heavy atom. The molecule has 0 aliphatic heterocycles. The molecule has 0 saturated heterocycles. The Bertz CT molecular complexity index is 1230. The molecule has 1 heterocycles. The standard InChI is InChI=1S/C35H43N3O2/c1-2-3-4-5-6-7-8-9-10-17-25-36-32(39)27-40-31-24-18-23-30(26-31)35-37-33(28-19-13-11-14-20-28)34(38-35)29-21-15-12-16-22-29/h11-16,18-24,26H,2-10,17,25,27H2,1H3,(H,36,39)(H,37,38). The molecule has 5 nitrogen and oxygen atoms in total. The van der Waals surface area contributed by atoms with Crippen LogP contribution in [-0.4, -0.2) is 29.0 Å². The van der Waals surface area contributed by atoms with Crippen LogP contribution in [0.25, 0.3) is 33.9 Å². The number of amides is 1. The van der Waals surface area contributed by atoms with Crippen LogP contribution in [0.1, 0.15) is 71.1 Å². The van der Waals surface area contributed by atoms with Crippen molar-refractivity contribution in [2.45, 2.75) is 71.1 Å². The molecule has 4 aromatic rings. The van der Waals surface area contributed by atoms with Gasteiger partial charge in [-0.25, -0.2) is 4.98 Å². The van der Waals surface area contributed by atoms with Crippen LogP contribution in [0.3, 0.4) is 0 Å². The maximum atomic E-state index is 12.3. The summed E-state index contributed by atoms with van der Waals surface area (Å²) in [4.78, 5) is 20.8. The van der Waals surface area contributed by atoms with E-state index in [2.05, 4.69) is 41.5 Å². The van der Waals surface area contributed by atoms with Crippen molar-refractivity contribution in [3.8, 4) is 39.7 Å². The molecule has 0 spiro atoms. The fourth-order valence-corrected chi connectivity index (χ4v) is 4.90. The summed E-state index contributed by atoms with van der Waals surface area (Å²) in [7, 11) is 0. The number of hydrogen-bond donors (Lipinski definition) is 2. The van der Waals surface area contributed by atoms with Crippen molar-refractivity contribution < 1.29 is 9.53 Å². The Morgan fingerprint density at radius 2 is 1.32 bits per heavy atom. The number of aromatic amines is 1. The van der Waals surface area contributed by atoms with Gasteiger partial charge in [-0.1, -0.05) is 138 Å². The molecule has 1 aromatic heterocycles. The second-order valence-corrected chi connectivity index (χ2v) is 10.4. The minimum atomic E-state index is -0.0861. The molecule has 0 fully saturated rings. The lowest BCUT2D eigenvalue weighted by atomic mass is 10.1. The first-order valence-electron chi connectivity index (χ1n) is 15.0. The van der Waals surface area contributed by atoms with Gasteiger partial charge in [-0.3, -0.25) is 4.79 Å². The lowest BCUT2D eigenvalue weighted by molar-refractivity contribution is -0.123. The van der Waals surface area contributed by atoms with Crippen molar-refractivity contribution >= 4 is 5.91 Å². The van der Waals surface area contributed by atoms with E-state index in [4.69, 9.17) is 9.72 Å². The van der Waals surface area contributed by atoms with Gasteiger partial charge in [0.1, 0.15) is 11.6 Å². The Labute approximate surface area is 239 Å². The highest BCUT2D eigenvalue weighted by molar-refractivity contribution is 5.81. The molecule has 0 saturated carbocycles. The van der Waals surface area contributed by atoms with Crippen molar-refractivity contribution in [3.63, 3.8) is 0 Å². The number of ether oxygens (including phenoxy) is 1. The maximum absolute atomic E-state index is 12.3. The van der Waals surface area contributed by atoms with Crippen LogP contribution in [0.5, 0.6) is 5.75 Å². The van der Waals surface area contributed by atoms with Gasteiger partial charge in [0.2, 0.25) is 0 Å². The molecule has 0 bridgehead atoms. The number of H-pyrrole nitrogens is 1. The number of carbonyl (C=O) groups excluding carboxylic acids is 1. The summed E-state index contributed by atoms with van der Waals surface area (Å²) in [6, 6.07) is 28.2. The van der Waals surface area contributed by atoms with Gasteiger partial charge in [-0.2, -0.15) is 0 Å². The summed E-state index contributed by atoms with van der Waals surface area (Å²) in [5, 5.41) is 2.99. The van der Waals surface area contributed by atoms with Gasteiger partial charge in [0, 0.05) is 23.2 Å². The summed E-state index contributed by atoms with van der Waals surface area (Å²) in [5.74, 6) is 1.32. The van der Waals surface area contributed by atoms with E-state index in [1.165, 1.54) is 51.4 Å². The van der Waals surface area contributed by atoms with E-state index in [0.717, 1.165) is 46.7 Å². The number of benzene rings is 3. The summed E-state index contributed by atoms with van der Waals surface area (Å²) in [6.07, 6.45) is 12.8. The molecule has 4 rings (SSSR count). The van der Waals surface area contributed by atoms with Crippen LogP contribution in [0, 0.1) is 0 Å². The minimum Gasteiger partial charge on any atom is -0.484 e. The van der Waals surface area contributed by atoms with Crippen molar-refractivity contribution in [2.24, 2.45) is 0 Å². The van der Waals surface area contributed by atoms with Crippen LogP contribution in [-0.2, 0) is 4.79 Å². The van der Waals surface area contributed by atoms with E-state index >= 15 is 0 Å². The quantitative estimate of drug-likeness (QED) is 0.132. The van der Waals surface area contributed by atoms with Gasteiger partial charge < -0.3 is 15.0 Å². The lowest BCUT2D eigenvalue weighted by Crippen LogP contribution is -2.29. The normalized spacial score (nSPS) is 10.9. The fourth-order valence-electron chi connectivity index (χ4n) is 4.90. The van der Waals surface area contributed by atoms with Crippen LogP contribution in [0.2, 0.25) is 0 Å². The first-order valence-corrected chi connectivity index (χ1v) is 15.0. The summed E-state index contributed by atoms with van der Waals surface area (Å²) < 4.78 is 5.83. The predicted molar refractivity (Wildman–Crippen MR) is 165 cm³/mol. The Morgan fingerprint density at radius 3 is 2.00 bits per heavy atom. The van der Waals surface area contributed by atoms with Crippen LogP contribution < -0.4 is 10.1 Å². The molecule has 2 N–H and O–H groups in total. The molecule has 3 aromatic carbocycles. The van der Waals surface area contributed by atoms with Crippen molar-refractivity contribution in [1.82, 2.24) is 15.3 Å². The monoisotopic (exact) mass is 537 g/mol. The fraction of sp³-hybridized carbons (Fsp3) is 0.371.